The van der Waals surface area contributed by atoms with E-state index in [-0.39, 0.29) is 0 Å². The van der Waals surface area contributed by atoms with Crippen LogP contribution in [0.2, 0.25) is 0 Å². The van der Waals surface area contributed by atoms with E-state index in [9.17, 15) is 0 Å². The fourth-order valence-electron chi connectivity index (χ4n) is 1.75. The molecule has 1 aromatic heterocycles. The molecule has 0 aliphatic carbocycles. The van der Waals surface area contributed by atoms with Crippen LogP contribution in [-0.2, 0) is 0 Å². The first-order valence-corrected chi connectivity index (χ1v) is 8.15. The summed E-state index contributed by atoms with van der Waals surface area (Å²) < 4.78 is 7.54. The third kappa shape index (κ3) is 3.03. The molecule has 0 amide bonds. The van der Waals surface area contributed by atoms with Crippen molar-refractivity contribution in [2.45, 2.75) is 0 Å². The Morgan fingerprint density at radius 3 is 2.50 bits per heavy atom. The maximum atomic E-state index is 5.82. The predicted molar refractivity (Wildman–Crippen MR) is 95.7 cm³/mol. The van der Waals surface area contributed by atoms with Crippen molar-refractivity contribution in [1.29, 1.82) is 0 Å². The molecular formula is C14H8BrNOS3. The molecule has 0 atom stereocenters. The topological polar surface area (TPSA) is 25.2 Å². The summed E-state index contributed by atoms with van der Waals surface area (Å²) in [5, 5.41) is 2.94. The highest BCUT2D eigenvalue weighted by Crippen LogP contribution is 2.29. The lowest BCUT2D eigenvalue weighted by Gasteiger charge is -1.97. The lowest BCUT2D eigenvalue weighted by Crippen LogP contribution is -2.15. The van der Waals surface area contributed by atoms with Crippen molar-refractivity contribution < 1.29 is 4.42 Å². The molecule has 100 valence electrons. The van der Waals surface area contributed by atoms with Crippen molar-refractivity contribution in [2.24, 2.45) is 0 Å². The quantitative estimate of drug-likeness (QED) is 0.582. The van der Waals surface area contributed by atoms with E-state index in [1.165, 1.54) is 11.8 Å². The van der Waals surface area contributed by atoms with Crippen LogP contribution in [0.3, 0.4) is 0 Å². The molecule has 0 spiro atoms. The standard InChI is InChI=1S/C14H8BrNOS3/c15-9-3-1-8(2-4-9)11-6-5-10(17-11)7-12-13(18)16-14(19)20-12/h1-7H,(H,16,18,19)/b12-7+. The molecule has 1 saturated heterocycles. The normalized spacial score (nSPS) is 16.8. The summed E-state index contributed by atoms with van der Waals surface area (Å²) >= 11 is 15.1. The molecular weight excluding hydrogens is 374 g/mol. The molecule has 2 heterocycles. The van der Waals surface area contributed by atoms with E-state index in [2.05, 4.69) is 21.2 Å². The number of thiocarbonyl (C=S) groups is 2. The lowest BCUT2D eigenvalue weighted by molar-refractivity contribution is 0.572. The maximum absolute atomic E-state index is 5.82. The SMILES string of the molecule is S=C1NC(=S)/C(=C\c2ccc(-c3ccc(Br)cc3)o2)S1. The van der Waals surface area contributed by atoms with Crippen molar-refractivity contribution in [2.75, 3.05) is 0 Å². The van der Waals surface area contributed by atoms with Crippen LogP contribution in [0.4, 0.5) is 0 Å². The van der Waals surface area contributed by atoms with E-state index in [0.717, 1.165) is 26.5 Å². The van der Waals surface area contributed by atoms with Crippen LogP contribution in [0.15, 0.2) is 50.2 Å². The van der Waals surface area contributed by atoms with Gasteiger partial charge in [-0.25, -0.2) is 0 Å². The Hall–Kier alpha value is -0.950. The van der Waals surface area contributed by atoms with Gasteiger partial charge in [0.15, 0.2) is 0 Å². The number of thioether (sulfide) groups is 1. The van der Waals surface area contributed by atoms with Crippen LogP contribution in [0, 0.1) is 0 Å². The molecule has 1 fully saturated rings. The van der Waals surface area contributed by atoms with E-state index in [4.69, 9.17) is 28.9 Å². The first-order chi connectivity index (χ1) is 9.61. The summed E-state index contributed by atoms with van der Waals surface area (Å²) in [5.74, 6) is 1.59. The third-order valence-electron chi connectivity index (χ3n) is 2.67. The number of hydrogen-bond acceptors (Lipinski definition) is 4. The van der Waals surface area contributed by atoms with Crippen molar-refractivity contribution in [3.8, 4) is 11.3 Å². The highest BCUT2D eigenvalue weighted by Gasteiger charge is 2.19. The molecule has 1 aliphatic rings. The molecule has 0 radical (unpaired) electrons. The van der Waals surface area contributed by atoms with E-state index in [1.54, 1.807) is 0 Å². The van der Waals surface area contributed by atoms with Gasteiger partial charge in [-0.15, -0.1) is 0 Å². The number of nitrogens with one attached hydrogen (secondary N) is 1. The van der Waals surface area contributed by atoms with Gasteiger partial charge in [0.1, 0.15) is 20.8 Å². The summed E-state index contributed by atoms with van der Waals surface area (Å²) in [6.07, 6.45) is 1.90. The third-order valence-corrected chi connectivity index (χ3v) is 4.83. The van der Waals surface area contributed by atoms with Gasteiger partial charge in [-0.1, -0.05) is 64.3 Å². The number of halogens is 1. The van der Waals surface area contributed by atoms with Crippen molar-refractivity contribution in [3.05, 3.63) is 51.5 Å². The van der Waals surface area contributed by atoms with Crippen LogP contribution >= 0.6 is 52.1 Å². The summed E-state index contributed by atoms with van der Waals surface area (Å²) in [4.78, 5) is 1.57. The smallest absolute Gasteiger partial charge is 0.143 e. The van der Waals surface area contributed by atoms with Crippen LogP contribution in [0.5, 0.6) is 0 Å². The predicted octanol–water partition coefficient (Wildman–Crippen LogP) is 5.00. The zero-order chi connectivity index (χ0) is 14.1. The molecule has 0 bridgehead atoms. The van der Waals surface area contributed by atoms with Crippen LogP contribution in [0.25, 0.3) is 17.4 Å². The average molecular weight is 382 g/mol. The highest BCUT2D eigenvalue weighted by atomic mass is 79.9. The Morgan fingerprint density at radius 1 is 1.10 bits per heavy atom. The van der Waals surface area contributed by atoms with E-state index in [0.29, 0.717) is 9.31 Å². The number of furan rings is 1. The summed E-state index contributed by atoms with van der Waals surface area (Å²) in [7, 11) is 0. The number of rotatable bonds is 2. The minimum absolute atomic E-state index is 0.654. The second-order valence-corrected chi connectivity index (χ2v) is 7.10. The minimum atomic E-state index is 0.654. The van der Waals surface area contributed by atoms with Gasteiger partial charge >= 0.3 is 0 Å². The molecule has 0 saturated carbocycles. The van der Waals surface area contributed by atoms with Gasteiger partial charge < -0.3 is 9.73 Å². The molecule has 1 N–H and O–H groups in total. The highest BCUT2D eigenvalue weighted by molar-refractivity contribution is 9.10. The van der Waals surface area contributed by atoms with Gasteiger partial charge in [-0.3, -0.25) is 0 Å². The molecule has 1 aromatic carbocycles. The molecule has 0 unspecified atom stereocenters. The average Bonchev–Trinajstić information content (AvgIpc) is 2.98. The van der Waals surface area contributed by atoms with Crippen LogP contribution in [-0.4, -0.2) is 9.31 Å². The molecule has 6 heteroatoms. The van der Waals surface area contributed by atoms with Gasteiger partial charge in [-0.2, -0.15) is 0 Å². The van der Waals surface area contributed by atoms with E-state index < -0.39 is 0 Å². The first-order valence-electron chi connectivity index (χ1n) is 5.72. The van der Waals surface area contributed by atoms with Gasteiger partial charge in [0.2, 0.25) is 0 Å². The van der Waals surface area contributed by atoms with Crippen molar-refractivity contribution in [3.63, 3.8) is 0 Å². The first kappa shape index (κ1) is 14.0. The fraction of sp³-hybridized carbons (Fsp3) is 0. The largest absolute Gasteiger partial charge is 0.457 e. The van der Waals surface area contributed by atoms with Gasteiger partial charge in [-0.05, 0) is 30.3 Å². The molecule has 2 aromatic rings. The maximum Gasteiger partial charge on any atom is 0.143 e. The Kier molecular flexibility index (Phi) is 4.07. The number of benzene rings is 1. The second-order valence-electron chi connectivity index (χ2n) is 4.06. The van der Waals surface area contributed by atoms with Crippen LogP contribution < -0.4 is 5.32 Å². The molecule has 20 heavy (non-hydrogen) atoms. The van der Waals surface area contributed by atoms with E-state index >= 15 is 0 Å². The summed E-state index contributed by atoms with van der Waals surface area (Å²) in [5.41, 5.74) is 1.04. The zero-order valence-corrected chi connectivity index (χ0v) is 14.1. The van der Waals surface area contributed by atoms with Gasteiger partial charge in [0.25, 0.3) is 0 Å². The Morgan fingerprint density at radius 2 is 1.85 bits per heavy atom. The van der Waals surface area contributed by atoms with Crippen molar-refractivity contribution in [1.82, 2.24) is 5.32 Å². The zero-order valence-electron chi connectivity index (χ0n) is 10.1. The van der Waals surface area contributed by atoms with Gasteiger partial charge in [0.05, 0.1) is 4.91 Å². The minimum Gasteiger partial charge on any atom is -0.457 e. The number of hydrogen-bond donors (Lipinski definition) is 1. The molecule has 1 aliphatic heterocycles. The molecule has 3 rings (SSSR count). The summed E-state index contributed by atoms with van der Waals surface area (Å²) in [6.45, 7) is 0. The monoisotopic (exact) mass is 381 g/mol. The Bertz CT molecular complexity index is 718. The van der Waals surface area contributed by atoms with Crippen molar-refractivity contribution >= 4 is 67.5 Å². The van der Waals surface area contributed by atoms with Gasteiger partial charge in [0, 0.05) is 10.0 Å². The lowest BCUT2D eigenvalue weighted by atomic mass is 10.2. The second kappa shape index (κ2) is 5.81. The molecule has 2 nitrogen and oxygen atoms in total. The van der Waals surface area contributed by atoms with E-state index in [1.807, 2.05) is 42.5 Å². The summed E-state index contributed by atoms with van der Waals surface area (Å²) in [6, 6.07) is 11.9. The van der Waals surface area contributed by atoms with Crippen LogP contribution in [0.1, 0.15) is 5.76 Å². The fourth-order valence-corrected chi connectivity index (χ4v) is 3.47. The Labute approximate surface area is 139 Å². The Balaban J connectivity index is 1.87.